The summed E-state index contributed by atoms with van der Waals surface area (Å²) < 4.78 is 6.97. The topological polar surface area (TPSA) is 9.23 Å². The van der Waals surface area contributed by atoms with Gasteiger partial charge in [-0.15, -0.1) is 0 Å². The summed E-state index contributed by atoms with van der Waals surface area (Å²) in [6.45, 7) is 8.65. The van der Waals surface area contributed by atoms with E-state index in [9.17, 15) is 0 Å². The molecule has 4 aliphatic rings. The molecule has 2 atom stereocenters. The van der Waals surface area contributed by atoms with Crippen LogP contribution in [0.1, 0.15) is 53.4 Å². The Bertz CT molecular complexity index is 896. The molecule has 1 aliphatic heterocycles. The minimum absolute atomic E-state index is 0.0317. The molecular weight excluding hydrogens is 328 g/mol. The fourth-order valence-electron chi connectivity index (χ4n) is 4.62. The van der Waals surface area contributed by atoms with Crippen LogP contribution in [0.3, 0.4) is 0 Å². The van der Waals surface area contributed by atoms with E-state index >= 15 is 0 Å². The average molecular weight is 359 g/mol. The fraction of sp³-hybridized carbons (Fsp3) is 0.385. The van der Waals surface area contributed by atoms with Gasteiger partial charge in [0.05, 0.1) is 0 Å². The van der Waals surface area contributed by atoms with Gasteiger partial charge in [0.25, 0.3) is 0 Å². The quantitative estimate of drug-likeness (QED) is 0.388. The van der Waals surface area contributed by atoms with Gasteiger partial charge in [-0.1, -0.05) is 60.3 Å². The Morgan fingerprint density at radius 2 is 1.96 bits per heavy atom. The molecule has 0 amide bonds. The van der Waals surface area contributed by atoms with Gasteiger partial charge in [0.15, 0.2) is 5.60 Å². The zero-order chi connectivity index (χ0) is 19.1. The average Bonchev–Trinajstić information content (AvgIpc) is 3.33. The predicted octanol–water partition coefficient (Wildman–Crippen LogP) is 7.05. The number of rotatable bonds is 3. The minimum Gasteiger partial charge on any atom is -0.473 e. The van der Waals surface area contributed by atoms with Crippen LogP contribution in [-0.2, 0) is 4.74 Å². The Balaban J connectivity index is 1.82. The maximum absolute atomic E-state index is 6.97. The maximum Gasteiger partial charge on any atom is 0.173 e. The first-order valence-corrected chi connectivity index (χ1v) is 10.3. The first kappa shape index (κ1) is 18.1. The van der Waals surface area contributed by atoms with E-state index in [0.717, 1.165) is 18.6 Å². The molecule has 140 valence electrons. The summed E-state index contributed by atoms with van der Waals surface area (Å²) in [5.41, 5.74) is 5.99. The molecule has 2 unspecified atom stereocenters. The number of hydrogen-bond donors (Lipinski definition) is 0. The van der Waals surface area contributed by atoms with Crippen molar-refractivity contribution in [2.45, 2.75) is 59.0 Å². The van der Waals surface area contributed by atoms with Crippen LogP contribution in [0.5, 0.6) is 0 Å². The van der Waals surface area contributed by atoms with Crippen molar-refractivity contribution in [1.82, 2.24) is 0 Å². The van der Waals surface area contributed by atoms with Crippen LogP contribution < -0.4 is 0 Å². The normalized spacial score (nSPS) is 35.9. The molecule has 3 aliphatic carbocycles. The van der Waals surface area contributed by atoms with Crippen molar-refractivity contribution in [3.8, 4) is 0 Å². The van der Waals surface area contributed by atoms with E-state index in [-0.39, 0.29) is 5.41 Å². The van der Waals surface area contributed by atoms with Crippen LogP contribution in [0.15, 0.2) is 94.4 Å². The Kier molecular flexibility index (Phi) is 4.50. The first-order chi connectivity index (χ1) is 13.0. The summed E-state index contributed by atoms with van der Waals surface area (Å²) in [6, 6.07) is 0. The number of allylic oxidation sites excluding steroid dienone is 11. The number of ether oxygens (including phenoxy) is 1. The molecule has 4 rings (SSSR count). The lowest BCUT2D eigenvalue weighted by Gasteiger charge is -2.40. The summed E-state index contributed by atoms with van der Waals surface area (Å²) in [6.07, 6.45) is 27.3. The second-order valence-electron chi connectivity index (χ2n) is 8.24. The summed E-state index contributed by atoms with van der Waals surface area (Å²) in [4.78, 5) is 0. The molecule has 0 aromatic heterocycles. The van der Waals surface area contributed by atoms with E-state index in [0.29, 0.717) is 0 Å². The molecule has 0 N–H and O–H groups in total. The van der Waals surface area contributed by atoms with Crippen LogP contribution in [0.25, 0.3) is 0 Å². The molecule has 1 heterocycles. The van der Waals surface area contributed by atoms with Gasteiger partial charge in [-0.2, -0.15) is 0 Å². The van der Waals surface area contributed by atoms with Crippen molar-refractivity contribution in [2.75, 3.05) is 0 Å². The van der Waals surface area contributed by atoms with Crippen molar-refractivity contribution in [2.24, 2.45) is 5.41 Å². The highest BCUT2D eigenvalue weighted by atomic mass is 16.5. The zero-order valence-corrected chi connectivity index (χ0v) is 17.0. The van der Waals surface area contributed by atoms with Gasteiger partial charge in [-0.3, -0.25) is 0 Å². The summed E-state index contributed by atoms with van der Waals surface area (Å²) in [7, 11) is 0. The van der Waals surface area contributed by atoms with Gasteiger partial charge in [-0.25, -0.2) is 0 Å². The molecular formula is C26H30O. The van der Waals surface area contributed by atoms with Crippen LogP contribution in [-0.4, -0.2) is 5.60 Å². The Labute approximate surface area is 163 Å². The molecule has 27 heavy (non-hydrogen) atoms. The molecule has 0 radical (unpaired) electrons. The van der Waals surface area contributed by atoms with E-state index in [1.807, 2.05) is 0 Å². The monoisotopic (exact) mass is 358 g/mol. The lowest BCUT2D eigenvalue weighted by Crippen LogP contribution is -2.37. The highest BCUT2D eigenvalue weighted by Gasteiger charge is 2.47. The van der Waals surface area contributed by atoms with Crippen LogP contribution in [0.4, 0.5) is 0 Å². The standard InChI is InChI=1S/C26H30O/c1-5-10-21(6-2)26(22-11-8-7-9-12-22)16-15-20-14-13-19(3)17-25(4)18-23(25)24(20)27-26/h5-6,10-11,13-18H,7-9,12H2,1-4H3/b10-5-,14-13-,19-17+,21-6+. The number of fused-ring (bicyclic) bond motifs is 2. The van der Waals surface area contributed by atoms with Crippen molar-refractivity contribution in [3.05, 3.63) is 94.4 Å². The largest absolute Gasteiger partial charge is 0.473 e. The van der Waals surface area contributed by atoms with Crippen LogP contribution >= 0.6 is 0 Å². The molecule has 1 nitrogen and oxygen atoms in total. The summed E-state index contributed by atoms with van der Waals surface area (Å²) >= 11 is 0. The third kappa shape index (κ3) is 3.04. The lowest BCUT2D eigenvalue weighted by molar-refractivity contribution is 0.106. The molecule has 0 bridgehead atoms. The first-order valence-electron chi connectivity index (χ1n) is 10.3. The SMILES string of the molecule is C/C=C\C(=C/C)C1(C2=CCCCC2)C=CC2=C(O1)C1=CC1(C)/C=C(C)/C=C\2. The van der Waals surface area contributed by atoms with Crippen molar-refractivity contribution in [1.29, 1.82) is 0 Å². The molecule has 0 saturated carbocycles. The smallest absolute Gasteiger partial charge is 0.173 e. The predicted molar refractivity (Wildman–Crippen MR) is 114 cm³/mol. The zero-order valence-electron chi connectivity index (χ0n) is 17.0. The van der Waals surface area contributed by atoms with Crippen molar-refractivity contribution in [3.63, 3.8) is 0 Å². The molecule has 0 aromatic carbocycles. The second-order valence-corrected chi connectivity index (χ2v) is 8.24. The number of hydrogen-bond acceptors (Lipinski definition) is 1. The molecule has 0 spiro atoms. The lowest BCUT2D eigenvalue weighted by atomic mass is 9.77. The van der Waals surface area contributed by atoms with E-state index < -0.39 is 5.60 Å². The van der Waals surface area contributed by atoms with E-state index in [2.05, 4.69) is 88.5 Å². The third-order valence-electron chi connectivity index (χ3n) is 6.12. The van der Waals surface area contributed by atoms with E-state index in [1.54, 1.807) is 0 Å². The molecule has 0 saturated heterocycles. The van der Waals surface area contributed by atoms with Gasteiger partial charge in [-0.05, 0) is 70.6 Å². The highest BCUT2D eigenvalue weighted by molar-refractivity contribution is 5.64. The maximum atomic E-state index is 6.97. The van der Waals surface area contributed by atoms with Crippen molar-refractivity contribution < 1.29 is 4.74 Å². The molecule has 0 fully saturated rings. The second kappa shape index (κ2) is 6.71. The fourth-order valence-corrected chi connectivity index (χ4v) is 4.62. The summed E-state index contributed by atoms with van der Waals surface area (Å²) in [5, 5.41) is 0. The Morgan fingerprint density at radius 3 is 2.67 bits per heavy atom. The van der Waals surface area contributed by atoms with Crippen LogP contribution in [0.2, 0.25) is 0 Å². The van der Waals surface area contributed by atoms with Gasteiger partial charge in [0, 0.05) is 16.6 Å². The Hall–Kier alpha value is -2.28. The third-order valence-corrected chi connectivity index (χ3v) is 6.12. The van der Waals surface area contributed by atoms with Crippen LogP contribution in [0, 0.1) is 5.41 Å². The van der Waals surface area contributed by atoms with E-state index in [1.165, 1.54) is 40.7 Å². The molecule has 1 heteroatoms. The highest BCUT2D eigenvalue weighted by Crippen LogP contribution is 2.55. The van der Waals surface area contributed by atoms with Gasteiger partial charge >= 0.3 is 0 Å². The van der Waals surface area contributed by atoms with E-state index in [4.69, 9.17) is 4.74 Å². The molecule has 0 aromatic rings. The Morgan fingerprint density at radius 1 is 1.11 bits per heavy atom. The summed E-state index contributed by atoms with van der Waals surface area (Å²) in [5.74, 6) is 1.05. The van der Waals surface area contributed by atoms with Gasteiger partial charge < -0.3 is 4.74 Å². The van der Waals surface area contributed by atoms with Crippen molar-refractivity contribution >= 4 is 0 Å². The van der Waals surface area contributed by atoms with Gasteiger partial charge in [0.1, 0.15) is 5.76 Å². The van der Waals surface area contributed by atoms with Gasteiger partial charge in [0.2, 0.25) is 0 Å². The minimum atomic E-state index is -0.476.